The van der Waals surface area contributed by atoms with Crippen molar-refractivity contribution in [3.8, 4) is 0 Å². The molecule has 7 heteroatoms. The molecule has 0 unspecified atom stereocenters. The standard InChI is InChI=1S/C23H29N3O3S/c1-17-6-10-20(11-7-17)30(28,29)25-19-12-14-26(15-13-19)22-5-3-2-4-21(22)23(27)24-16-18-8-9-18/h2-7,10-11,18-19,25H,8-9,12-16H2,1H3,(H,24,27). The van der Waals surface area contributed by atoms with Crippen molar-refractivity contribution in [1.82, 2.24) is 10.0 Å². The number of piperidine rings is 1. The minimum atomic E-state index is -3.52. The number of carbonyl (C=O) groups is 1. The number of nitrogens with one attached hydrogen (secondary N) is 2. The Morgan fingerprint density at radius 2 is 1.67 bits per heavy atom. The highest BCUT2D eigenvalue weighted by Gasteiger charge is 2.27. The first-order valence-electron chi connectivity index (χ1n) is 10.6. The molecule has 0 atom stereocenters. The van der Waals surface area contributed by atoms with E-state index < -0.39 is 10.0 Å². The fourth-order valence-corrected chi connectivity index (χ4v) is 5.14. The van der Waals surface area contributed by atoms with E-state index in [9.17, 15) is 13.2 Å². The van der Waals surface area contributed by atoms with Crippen LogP contribution in [0.4, 0.5) is 5.69 Å². The van der Waals surface area contributed by atoms with Gasteiger partial charge in [-0.25, -0.2) is 13.1 Å². The minimum Gasteiger partial charge on any atom is -0.371 e. The van der Waals surface area contributed by atoms with Gasteiger partial charge in [-0.15, -0.1) is 0 Å². The lowest BCUT2D eigenvalue weighted by molar-refractivity contribution is 0.0952. The highest BCUT2D eigenvalue weighted by atomic mass is 32.2. The van der Waals surface area contributed by atoms with Gasteiger partial charge in [0, 0.05) is 31.4 Å². The Bertz CT molecular complexity index is 993. The van der Waals surface area contributed by atoms with Gasteiger partial charge in [0.25, 0.3) is 5.91 Å². The monoisotopic (exact) mass is 427 g/mol. The molecule has 6 nitrogen and oxygen atoms in total. The van der Waals surface area contributed by atoms with Gasteiger partial charge < -0.3 is 10.2 Å². The van der Waals surface area contributed by atoms with Gasteiger partial charge >= 0.3 is 0 Å². The molecule has 2 fully saturated rings. The number of sulfonamides is 1. The predicted octanol–water partition coefficient (Wildman–Crippen LogP) is 3.08. The molecule has 0 bridgehead atoms. The summed E-state index contributed by atoms with van der Waals surface area (Å²) in [5.41, 5.74) is 2.64. The molecule has 2 aromatic carbocycles. The molecule has 0 spiro atoms. The van der Waals surface area contributed by atoms with Crippen molar-refractivity contribution in [2.45, 2.75) is 43.5 Å². The van der Waals surface area contributed by atoms with Crippen LogP contribution < -0.4 is 14.9 Å². The van der Waals surface area contributed by atoms with Crippen molar-refractivity contribution in [1.29, 1.82) is 0 Å². The van der Waals surface area contributed by atoms with E-state index in [1.807, 2.05) is 43.3 Å². The van der Waals surface area contributed by atoms with E-state index in [0.29, 0.717) is 42.3 Å². The maximum atomic E-state index is 12.7. The van der Waals surface area contributed by atoms with Crippen LogP contribution in [0, 0.1) is 12.8 Å². The fourth-order valence-electron chi connectivity index (χ4n) is 3.84. The topological polar surface area (TPSA) is 78.5 Å². The van der Waals surface area contributed by atoms with Crippen LogP contribution in [0.5, 0.6) is 0 Å². The molecule has 1 aliphatic heterocycles. The lowest BCUT2D eigenvalue weighted by atomic mass is 10.0. The zero-order valence-electron chi connectivity index (χ0n) is 17.3. The third-order valence-electron chi connectivity index (χ3n) is 5.89. The summed E-state index contributed by atoms with van der Waals surface area (Å²) in [6, 6.07) is 14.5. The average Bonchev–Trinajstić information content (AvgIpc) is 3.57. The second kappa shape index (κ2) is 8.78. The van der Waals surface area contributed by atoms with Crippen LogP contribution in [0.1, 0.15) is 41.6 Å². The number of amides is 1. The van der Waals surface area contributed by atoms with Crippen molar-refractivity contribution in [3.05, 3.63) is 59.7 Å². The zero-order valence-corrected chi connectivity index (χ0v) is 18.1. The highest BCUT2D eigenvalue weighted by molar-refractivity contribution is 7.89. The van der Waals surface area contributed by atoms with Crippen LogP contribution in [0.2, 0.25) is 0 Å². The second-order valence-electron chi connectivity index (χ2n) is 8.37. The molecule has 30 heavy (non-hydrogen) atoms. The average molecular weight is 428 g/mol. The third kappa shape index (κ3) is 5.02. The molecule has 1 saturated carbocycles. The van der Waals surface area contributed by atoms with Crippen molar-refractivity contribution >= 4 is 21.6 Å². The van der Waals surface area contributed by atoms with Gasteiger partial charge in [0.1, 0.15) is 0 Å². The van der Waals surface area contributed by atoms with Gasteiger partial charge in [0.2, 0.25) is 10.0 Å². The molecule has 160 valence electrons. The first-order chi connectivity index (χ1) is 14.4. The largest absolute Gasteiger partial charge is 0.371 e. The molecular formula is C23H29N3O3S. The smallest absolute Gasteiger partial charge is 0.253 e. The van der Waals surface area contributed by atoms with E-state index in [0.717, 1.165) is 17.8 Å². The number of benzene rings is 2. The minimum absolute atomic E-state index is 0.0281. The number of aryl methyl sites for hydroxylation is 1. The van der Waals surface area contributed by atoms with Gasteiger partial charge in [0.05, 0.1) is 10.5 Å². The Morgan fingerprint density at radius 1 is 1.00 bits per heavy atom. The molecule has 0 radical (unpaired) electrons. The first kappa shape index (κ1) is 20.9. The van der Waals surface area contributed by atoms with Crippen molar-refractivity contribution in [3.63, 3.8) is 0 Å². The van der Waals surface area contributed by atoms with Crippen molar-refractivity contribution in [2.75, 3.05) is 24.5 Å². The van der Waals surface area contributed by atoms with Crippen LogP contribution in [0.25, 0.3) is 0 Å². The lowest BCUT2D eigenvalue weighted by Crippen LogP contribution is -2.45. The number of para-hydroxylation sites is 1. The SMILES string of the molecule is Cc1ccc(S(=O)(=O)NC2CCN(c3ccccc3C(=O)NCC3CC3)CC2)cc1. The predicted molar refractivity (Wildman–Crippen MR) is 118 cm³/mol. The molecule has 2 aromatic rings. The summed E-state index contributed by atoms with van der Waals surface area (Å²) in [6.07, 6.45) is 3.80. The summed E-state index contributed by atoms with van der Waals surface area (Å²) in [4.78, 5) is 15.1. The van der Waals surface area contributed by atoms with Gasteiger partial charge in [-0.1, -0.05) is 29.8 Å². The van der Waals surface area contributed by atoms with Gasteiger partial charge in [-0.3, -0.25) is 4.79 Å². The molecule has 1 amide bonds. The van der Waals surface area contributed by atoms with Crippen LogP contribution in [0.15, 0.2) is 53.4 Å². The number of anilines is 1. The van der Waals surface area contributed by atoms with E-state index in [1.54, 1.807) is 12.1 Å². The Kier molecular flexibility index (Phi) is 6.11. The zero-order chi connectivity index (χ0) is 21.1. The molecule has 4 rings (SSSR count). The van der Waals surface area contributed by atoms with Crippen LogP contribution in [0.3, 0.4) is 0 Å². The van der Waals surface area contributed by atoms with Crippen molar-refractivity contribution in [2.24, 2.45) is 5.92 Å². The molecule has 1 heterocycles. The van der Waals surface area contributed by atoms with E-state index in [4.69, 9.17) is 0 Å². The van der Waals surface area contributed by atoms with Gasteiger partial charge in [-0.05, 0) is 62.8 Å². The number of nitrogens with zero attached hydrogens (tertiary/aromatic N) is 1. The third-order valence-corrected chi connectivity index (χ3v) is 7.42. The molecule has 2 aliphatic rings. The molecule has 1 aliphatic carbocycles. The summed E-state index contributed by atoms with van der Waals surface area (Å²) in [5.74, 6) is 0.609. The quantitative estimate of drug-likeness (QED) is 0.712. The second-order valence-corrected chi connectivity index (χ2v) is 10.1. The van der Waals surface area contributed by atoms with E-state index in [1.165, 1.54) is 12.8 Å². The Labute approximate surface area is 178 Å². The van der Waals surface area contributed by atoms with Gasteiger partial charge in [0.15, 0.2) is 0 Å². The highest BCUT2D eigenvalue weighted by Crippen LogP contribution is 2.28. The Balaban J connectivity index is 1.37. The number of rotatable bonds is 7. The maximum absolute atomic E-state index is 12.7. The van der Waals surface area contributed by atoms with Crippen LogP contribution >= 0.6 is 0 Å². The molecular weight excluding hydrogens is 398 g/mol. The Morgan fingerprint density at radius 3 is 2.33 bits per heavy atom. The number of carbonyl (C=O) groups excluding carboxylic acids is 1. The number of hydrogen-bond donors (Lipinski definition) is 2. The number of hydrogen-bond acceptors (Lipinski definition) is 4. The van der Waals surface area contributed by atoms with Crippen LogP contribution in [-0.2, 0) is 10.0 Å². The molecule has 1 saturated heterocycles. The van der Waals surface area contributed by atoms with E-state index in [-0.39, 0.29) is 11.9 Å². The normalized spacial score (nSPS) is 17.7. The van der Waals surface area contributed by atoms with E-state index >= 15 is 0 Å². The summed E-state index contributed by atoms with van der Waals surface area (Å²) >= 11 is 0. The molecule has 2 N–H and O–H groups in total. The van der Waals surface area contributed by atoms with Crippen LogP contribution in [-0.4, -0.2) is 40.0 Å². The maximum Gasteiger partial charge on any atom is 0.253 e. The summed E-state index contributed by atoms with van der Waals surface area (Å²) in [7, 11) is -3.52. The van der Waals surface area contributed by atoms with E-state index in [2.05, 4.69) is 14.9 Å². The summed E-state index contributed by atoms with van der Waals surface area (Å²) < 4.78 is 28.2. The first-order valence-corrected chi connectivity index (χ1v) is 12.1. The Hall–Kier alpha value is -2.38. The summed E-state index contributed by atoms with van der Waals surface area (Å²) in [5, 5.41) is 3.05. The lowest BCUT2D eigenvalue weighted by Gasteiger charge is -2.34. The fraction of sp³-hybridized carbons (Fsp3) is 0.435. The van der Waals surface area contributed by atoms with Gasteiger partial charge in [-0.2, -0.15) is 0 Å². The summed E-state index contributed by atoms with van der Waals surface area (Å²) in [6.45, 7) is 4.08. The molecule has 0 aromatic heterocycles. The van der Waals surface area contributed by atoms with Crippen molar-refractivity contribution < 1.29 is 13.2 Å².